The van der Waals surface area contributed by atoms with Crippen molar-refractivity contribution in [3.05, 3.63) is 34.6 Å². The molecule has 2 aliphatic rings. The number of hydrogen-bond donors (Lipinski definition) is 1. The summed E-state index contributed by atoms with van der Waals surface area (Å²) in [7, 11) is -2.98. The largest absolute Gasteiger partial charge is 0.351 e. The van der Waals surface area contributed by atoms with Gasteiger partial charge in [0.05, 0.1) is 16.3 Å². The van der Waals surface area contributed by atoms with Crippen LogP contribution in [0, 0.1) is 23.1 Å². The maximum absolute atomic E-state index is 13.2. The number of sulfone groups is 1. The molecular weight excluding hydrogens is 389 g/mol. The molecule has 0 atom stereocenters. The third kappa shape index (κ3) is 5.44. The molecule has 1 aromatic rings. The van der Waals surface area contributed by atoms with Crippen LogP contribution in [0.1, 0.15) is 55.8 Å². The fraction of sp³-hybridized carbons (Fsp3) is 0.650. The molecule has 0 radical (unpaired) electrons. The molecule has 0 saturated heterocycles. The van der Waals surface area contributed by atoms with Crippen molar-refractivity contribution in [3.8, 4) is 0 Å². The van der Waals surface area contributed by atoms with Crippen molar-refractivity contribution in [2.24, 2.45) is 17.3 Å². The lowest BCUT2D eigenvalue weighted by molar-refractivity contribution is 0.0475. The zero-order valence-electron chi connectivity index (χ0n) is 15.6. The molecule has 27 heavy (non-hydrogen) atoms. The van der Waals surface area contributed by atoms with E-state index in [2.05, 4.69) is 5.32 Å². The predicted molar refractivity (Wildman–Crippen MR) is 105 cm³/mol. The van der Waals surface area contributed by atoms with Crippen LogP contribution in [0.5, 0.6) is 0 Å². The topological polar surface area (TPSA) is 63.2 Å². The van der Waals surface area contributed by atoms with E-state index >= 15 is 0 Å². The molecule has 2 fully saturated rings. The molecule has 0 unspecified atom stereocenters. The van der Waals surface area contributed by atoms with E-state index in [1.54, 1.807) is 0 Å². The van der Waals surface area contributed by atoms with E-state index in [0.29, 0.717) is 18.9 Å². The highest BCUT2D eigenvalue weighted by molar-refractivity contribution is 7.91. The van der Waals surface area contributed by atoms with Crippen LogP contribution >= 0.6 is 11.6 Å². The predicted octanol–water partition coefficient (Wildman–Crippen LogP) is 4.23. The number of halogens is 2. The highest BCUT2D eigenvalue weighted by Gasteiger charge is 2.48. The van der Waals surface area contributed by atoms with Gasteiger partial charge in [-0.05, 0) is 61.1 Å². The molecule has 150 valence electrons. The maximum atomic E-state index is 13.2. The molecule has 4 nitrogen and oxygen atoms in total. The molecule has 1 N–H and O–H groups in total. The minimum absolute atomic E-state index is 0.0181. The van der Waals surface area contributed by atoms with Crippen LogP contribution in [0.15, 0.2) is 18.2 Å². The van der Waals surface area contributed by atoms with Crippen LogP contribution < -0.4 is 5.32 Å². The molecule has 0 aliphatic heterocycles. The van der Waals surface area contributed by atoms with Gasteiger partial charge in [-0.2, -0.15) is 0 Å². The molecule has 2 saturated carbocycles. The van der Waals surface area contributed by atoms with Gasteiger partial charge in [-0.15, -0.1) is 0 Å². The Labute approximate surface area is 165 Å². The summed E-state index contributed by atoms with van der Waals surface area (Å²) in [6.45, 7) is 2.40. The number of carbonyl (C=O) groups is 1. The maximum Gasteiger partial charge on any atom is 0.252 e. The molecule has 1 aromatic carbocycles. The smallest absolute Gasteiger partial charge is 0.252 e. The van der Waals surface area contributed by atoms with Gasteiger partial charge in [0.1, 0.15) is 5.82 Å². The minimum Gasteiger partial charge on any atom is -0.351 e. The molecular formula is C20H27ClFNO3S. The first kappa shape index (κ1) is 20.6. The summed E-state index contributed by atoms with van der Waals surface area (Å²) in [6.07, 6.45) is 5.80. The number of carbonyl (C=O) groups excluding carboxylic acids is 1. The van der Waals surface area contributed by atoms with E-state index in [1.165, 1.54) is 25.0 Å². The van der Waals surface area contributed by atoms with Crippen molar-refractivity contribution < 1.29 is 17.6 Å². The van der Waals surface area contributed by atoms with Crippen molar-refractivity contribution in [1.29, 1.82) is 0 Å². The number of rotatable bonds is 9. The van der Waals surface area contributed by atoms with Crippen molar-refractivity contribution in [2.45, 2.75) is 45.4 Å². The fourth-order valence-corrected chi connectivity index (χ4v) is 6.39. The second-order valence-electron chi connectivity index (χ2n) is 8.34. The Kier molecular flexibility index (Phi) is 6.16. The van der Waals surface area contributed by atoms with Crippen molar-refractivity contribution in [2.75, 3.05) is 18.1 Å². The van der Waals surface area contributed by atoms with Gasteiger partial charge in [-0.3, -0.25) is 4.79 Å². The Bertz CT molecular complexity index is 801. The highest BCUT2D eigenvalue weighted by Crippen LogP contribution is 2.53. The molecule has 0 aromatic heterocycles. The third-order valence-electron chi connectivity index (χ3n) is 5.67. The lowest BCUT2D eigenvalue weighted by atomic mass is 9.60. The molecule has 2 aliphatic carbocycles. The number of benzene rings is 1. The van der Waals surface area contributed by atoms with E-state index in [1.807, 2.05) is 6.92 Å². The second-order valence-corrected chi connectivity index (χ2v) is 11.0. The lowest BCUT2D eigenvalue weighted by Crippen LogP contribution is -2.48. The van der Waals surface area contributed by atoms with E-state index in [0.717, 1.165) is 25.3 Å². The SMILES string of the molecule is CCCS(=O)(=O)CC1CC(CNC(=O)c2ccc(F)cc2Cl)(CC2CC2)C1. The van der Waals surface area contributed by atoms with Gasteiger partial charge in [-0.1, -0.05) is 31.4 Å². The summed E-state index contributed by atoms with van der Waals surface area (Å²) in [6, 6.07) is 3.74. The van der Waals surface area contributed by atoms with Crippen LogP contribution in [0.25, 0.3) is 0 Å². The van der Waals surface area contributed by atoms with Gasteiger partial charge in [0.25, 0.3) is 5.91 Å². The molecule has 1 amide bonds. The van der Waals surface area contributed by atoms with Crippen molar-refractivity contribution in [3.63, 3.8) is 0 Å². The summed E-state index contributed by atoms with van der Waals surface area (Å²) >= 11 is 5.97. The summed E-state index contributed by atoms with van der Waals surface area (Å²) < 4.78 is 37.3. The summed E-state index contributed by atoms with van der Waals surface area (Å²) in [4.78, 5) is 12.4. The Hall–Kier alpha value is -1.14. The van der Waals surface area contributed by atoms with E-state index < -0.39 is 15.7 Å². The summed E-state index contributed by atoms with van der Waals surface area (Å²) in [5.41, 5.74) is 0.247. The molecule has 0 spiro atoms. The van der Waals surface area contributed by atoms with E-state index in [9.17, 15) is 17.6 Å². The fourth-order valence-electron chi connectivity index (χ4n) is 4.39. The number of nitrogens with one attached hydrogen (secondary N) is 1. The van der Waals surface area contributed by atoms with E-state index in [4.69, 9.17) is 11.6 Å². The average molecular weight is 416 g/mol. The third-order valence-corrected chi connectivity index (χ3v) is 7.99. The van der Waals surface area contributed by atoms with E-state index in [-0.39, 0.29) is 39.3 Å². The van der Waals surface area contributed by atoms with Crippen molar-refractivity contribution in [1.82, 2.24) is 5.32 Å². The van der Waals surface area contributed by atoms with Gasteiger partial charge in [-0.25, -0.2) is 12.8 Å². The van der Waals surface area contributed by atoms with Gasteiger partial charge in [0, 0.05) is 12.3 Å². The first-order chi connectivity index (χ1) is 12.7. The van der Waals surface area contributed by atoms with Gasteiger partial charge in [0.2, 0.25) is 0 Å². The molecule has 0 heterocycles. The summed E-state index contributed by atoms with van der Waals surface area (Å²) in [5, 5.41) is 3.05. The standard InChI is InChI=1S/C20H27ClFNO3S/c1-2-7-27(25,26)12-15-10-20(11-15,9-14-3-4-14)13-23-19(24)17-6-5-16(22)8-18(17)21/h5-6,8,14-15H,2-4,7,9-13H2,1H3,(H,23,24). The van der Waals surface area contributed by atoms with Crippen LogP contribution in [0.3, 0.4) is 0 Å². The zero-order chi connectivity index (χ0) is 19.7. The van der Waals surface area contributed by atoms with Gasteiger partial charge < -0.3 is 5.32 Å². The normalized spacial score (nSPS) is 25.1. The minimum atomic E-state index is -2.98. The Morgan fingerprint density at radius 1 is 1.30 bits per heavy atom. The molecule has 7 heteroatoms. The van der Waals surface area contributed by atoms with Gasteiger partial charge >= 0.3 is 0 Å². The number of hydrogen-bond acceptors (Lipinski definition) is 3. The Morgan fingerprint density at radius 2 is 2.00 bits per heavy atom. The molecule has 0 bridgehead atoms. The zero-order valence-corrected chi connectivity index (χ0v) is 17.2. The monoisotopic (exact) mass is 415 g/mol. The van der Waals surface area contributed by atoms with Crippen LogP contribution in [0.2, 0.25) is 5.02 Å². The number of amides is 1. The van der Waals surface area contributed by atoms with Crippen LogP contribution in [-0.2, 0) is 9.84 Å². The summed E-state index contributed by atoms with van der Waals surface area (Å²) in [5.74, 6) is 0.606. The Balaban J connectivity index is 1.59. The quantitative estimate of drug-likeness (QED) is 0.656. The van der Waals surface area contributed by atoms with Crippen molar-refractivity contribution >= 4 is 27.3 Å². The van der Waals surface area contributed by atoms with Crippen LogP contribution in [-0.4, -0.2) is 32.4 Å². The van der Waals surface area contributed by atoms with Gasteiger partial charge in [0.15, 0.2) is 9.84 Å². The molecule has 3 rings (SSSR count). The first-order valence-electron chi connectivity index (χ1n) is 9.66. The highest BCUT2D eigenvalue weighted by atomic mass is 35.5. The first-order valence-corrected chi connectivity index (χ1v) is 11.9. The Morgan fingerprint density at radius 3 is 2.59 bits per heavy atom. The lowest BCUT2D eigenvalue weighted by Gasteiger charge is -2.48. The average Bonchev–Trinajstić information content (AvgIpc) is 3.34. The second kappa shape index (κ2) is 8.08. The van der Waals surface area contributed by atoms with Crippen LogP contribution in [0.4, 0.5) is 4.39 Å².